The molecule has 0 saturated carbocycles. The summed E-state index contributed by atoms with van der Waals surface area (Å²) >= 11 is 0.933. The van der Waals surface area contributed by atoms with Gasteiger partial charge in [-0.1, -0.05) is 0 Å². The Morgan fingerprint density at radius 3 is 1.93 bits per heavy atom. The third-order valence-electron chi connectivity index (χ3n) is 5.38. The third kappa shape index (κ3) is 8.91. The van der Waals surface area contributed by atoms with Crippen LogP contribution >= 0.6 is 11.3 Å². The highest BCUT2D eigenvalue weighted by Gasteiger charge is 2.53. The van der Waals surface area contributed by atoms with E-state index < -0.39 is 79.1 Å². The molecule has 228 valence electrons. The second kappa shape index (κ2) is 13.7. The fraction of sp³-hybridized carbons (Fsp3) is 0.423. The largest absolute Gasteiger partial charge is 0.573 e. The van der Waals surface area contributed by atoms with Crippen LogP contribution in [0.3, 0.4) is 0 Å². The third-order valence-corrected chi connectivity index (χ3v) is 6.27. The van der Waals surface area contributed by atoms with Gasteiger partial charge >= 0.3 is 30.2 Å². The zero-order valence-electron chi connectivity index (χ0n) is 22.5. The highest BCUT2D eigenvalue weighted by atomic mass is 32.1. The van der Waals surface area contributed by atoms with Crippen LogP contribution in [0.2, 0.25) is 0 Å². The second-order valence-corrected chi connectivity index (χ2v) is 9.62. The summed E-state index contributed by atoms with van der Waals surface area (Å²) in [5.41, 5.74) is -0.00151. The molecule has 0 radical (unpaired) electrons. The number of carbonyl (C=O) groups excluding carboxylic acids is 5. The molecule has 1 aromatic heterocycles. The topological polar surface area (TPSA) is 150 Å². The number of rotatable bonds is 10. The fourth-order valence-electron chi connectivity index (χ4n) is 3.90. The van der Waals surface area contributed by atoms with Crippen LogP contribution in [0.25, 0.3) is 0 Å². The summed E-state index contributed by atoms with van der Waals surface area (Å²) in [6.45, 7) is 3.82. The van der Waals surface area contributed by atoms with E-state index in [1.54, 1.807) is 0 Å². The van der Waals surface area contributed by atoms with Crippen molar-refractivity contribution >= 4 is 41.0 Å². The van der Waals surface area contributed by atoms with Crippen molar-refractivity contribution in [3.63, 3.8) is 0 Å². The van der Waals surface area contributed by atoms with E-state index in [1.807, 2.05) is 0 Å². The van der Waals surface area contributed by atoms with Gasteiger partial charge in [-0.2, -0.15) is 0 Å². The van der Waals surface area contributed by atoms with Gasteiger partial charge in [0.05, 0.1) is 0 Å². The van der Waals surface area contributed by atoms with Gasteiger partial charge in [0.15, 0.2) is 12.2 Å². The standard InChI is InChI=1S/C26H25F3O12S/c1-12(30)35-11-19-21(36-13(2)31)22(37-14(3)32)23(38-15(4)33)25(40-19)39-18-9-10-42-24(18)20(34)16-5-7-17(8-6-16)41-26(27,28)29/h5-10,19,21-23,25H,11H2,1-4H3. The first kappa shape index (κ1) is 32.3. The van der Waals surface area contributed by atoms with Crippen LogP contribution in [0, 0.1) is 0 Å². The van der Waals surface area contributed by atoms with Crippen molar-refractivity contribution in [2.24, 2.45) is 0 Å². The van der Waals surface area contributed by atoms with Gasteiger partial charge in [-0.3, -0.25) is 24.0 Å². The molecular formula is C26H25F3O12S. The summed E-state index contributed by atoms with van der Waals surface area (Å²) in [5.74, 6) is -4.46. The van der Waals surface area contributed by atoms with Gasteiger partial charge in [0, 0.05) is 33.3 Å². The molecule has 0 amide bonds. The van der Waals surface area contributed by atoms with Gasteiger partial charge in [-0.05, 0) is 35.7 Å². The number of ketones is 1. The highest BCUT2D eigenvalue weighted by molar-refractivity contribution is 7.12. The van der Waals surface area contributed by atoms with Crippen LogP contribution in [-0.2, 0) is 42.9 Å². The minimum absolute atomic E-state index is 0.00151. The van der Waals surface area contributed by atoms with Crippen molar-refractivity contribution in [2.45, 2.75) is 64.8 Å². The van der Waals surface area contributed by atoms with Crippen LogP contribution in [0.5, 0.6) is 11.5 Å². The first-order valence-corrected chi connectivity index (χ1v) is 13.0. The van der Waals surface area contributed by atoms with E-state index in [-0.39, 0.29) is 16.2 Å². The molecule has 5 atom stereocenters. The number of hydrogen-bond acceptors (Lipinski definition) is 13. The molecule has 12 nitrogen and oxygen atoms in total. The van der Waals surface area contributed by atoms with E-state index >= 15 is 0 Å². The maximum Gasteiger partial charge on any atom is 0.573 e. The van der Waals surface area contributed by atoms with Gasteiger partial charge in [0.1, 0.15) is 29.1 Å². The Morgan fingerprint density at radius 1 is 0.810 bits per heavy atom. The zero-order valence-corrected chi connectivity index (χ0v) is 23.3. The van der Waals surface area contributed by atoms with Crippen molar-refractivity contribution in [1.29, 1.82) is 0 Å². The number of benzene rings is 1. The van der Waals surface area contributed by atoms with Crippen LogP contribution < -0.4 is 9.47 Å². The summed E-state index contributed by atoms with van der Waals surface area (Å²) in [6.07, 6.45) is -12.2. The van der Waals surface area contributed by atoms with E-state index in [9.17, 15) is 37.1 Å². The second-order valence-electron chi connectivity index (χ2n) is 8.70. The Morgan fingerprint density at radius 2 is 1.38 bits per heavy atom. The van der Waals surface area contributed by atoms with E-state index in [4.69, 9.17) is 28.4 Å². The smallest absolute Gasteiger partial charge is 0.463 e. The molecule has 3 rings (SSSR count). The molecule has 42 heavy (non-hydrogen) atoms. The Bertz CT molecular complexity index is 1310. The lowest BCUT2D eigenvalue weighted by atomic mass is 9.98. The molecule has 1 fully saturated rings. The van der Waals surface area contributed by atoms with E-state index in [0.29, 0.717) is 0 Å². The predicted molar refractivity (Wildman–Crippen MR) is 133 cm³/mol. The molecule has 0 bridgehead atoms. The summed E-state index contributed by atoms with van der Waals surface area (Å²) in [4.78, 5) is 60.6. The summed E-state index contributed by atoms with van der Waals surface area (Å²) in [5, 5.41) is 1.48. The predicted octanol–water partition coefficient (Wildman–Crippen LogP) is 3.34. The molecular weight excluding hydrogens is 593 g/mol. The molecule has 2 aromatic rings. The molecule has 1 saturated heterocycles. The average molecular weight is 619 g/mol. The molecule has 5 unspecified atom stereocenters. The normalized spacial score (nSPS) is 21.9. The molecule has 1 aliphatic heterocycles. The quantitative estimate of drug-likeness (QED) is 0.218. The lowest BCUT2D eigenvalue weighted by Crippen LogP contribution is -2.63. The Labute approximate surface area is 240 Å². The van der Waals surface area contributed by atoms with E-state index in [2.05, 4.69) is 4.74 Å². The van der Waals surface area contributed by atoms with Crippen molar-refractivity contribution in [1.82, 2.24) is 0 Å². The molecule has 0 aliphatic carbocycles. The monoisotopic (exact) mass is 618 g/mol. The number of alkyl halides is 3. The van der Waals surface area contributed by atoms with E-state index in [1.165, 1.54) is 11.4 Å². The Hall–Kier alpha value is -4.18. The molecule has 0 spiro atoms. The first-order chi connectivity index (χ1) is 19.6. The highest BCUT2D eigenvalue weighted by Crippen LogP contribution is 2.35. The SMILES string of the molecule is CC(=O)OCC1OC(Oc2ccsc2C(=O)c2ccc(OC(F)(F)F)cc2)C(OC(C)=O)C(OC(C)=O)C1OC(C)=O. The summed E-state index contributed by atoms with van der Waals surface area (Å²) < 4.78 is 74.1. The Balaban J connectivity index is 1.95. The molecule has 2 heterocycles. The summed E-state index contributed by atoms with van der Waals surface area (Å²) in [7, 11) is 0. The van der Waals surface area contributed by atoms with Crippen LogP contribution in [-0.4, -0.2) is 73.3 Å². The van der Waals surface area contributed by atoms with Gasteiger partial charge in [-0.25, -0.2) is 0 Å². The number of hydrogen-bond donors (Lipinski definition) is 0. The fourth-order valence-corrected chi connectivity index (χ4v) is 4.69. The Kier molecular flexibility index (Phi) is 10.5. The lowest BCUT2D eigenvalue weighted by molar-refractivity contribution is -0.288. The number of thiophene rings is 1. The number of ether oxygens (including phenoxy) is 7. The minimum Gasteiger partial charge on any atom is -0.463 e. The molecule has 0 N–H and O–H groups in total. The van der Waals surface area contributed by atoms with Crippen LogP contribution in [0.4, 0.5) is 13.2 Å². The van der Waals surface area contributed by atoms with Crippen molar-refractivity contribution < 1.29 is 70.3 Å². The van der Waals surface area contributed by atoms with Crippen LogP contribution in [0.15, 0.2) is 35.7 Å². The van der Waals surface area contributed by atoms with Gasteiger partial charge < -0.3 is 33.2 Å². The summed E-state index contributed by atoms with van der Waals surface area (Å²) in [6, 6.07) is 5.57. The lowest BCUT2D eigenvalue weighted by Gasteiger charge is -2.43. The number of esters is 4. The van der Waals surface area contributed by atoms with Crippen molar-refractivity contribution in [3.05, 3.63) is 46.2 Å². The van der Waals surface area contributed by atoms with Crippen molar-refractivity contribution in [2.75, 3.05) is 6.61 Å². The number of halogens is 3. The zero-order chi connectivity index (χ0) is 31.2. The maximum absolute atomic E-state index is 13.2. The van der Waals surface area contributed by atoms with Crippen molar-refractivity contribution in [3.8, 4) is 11.5 Å². The van der Waals surface area contributed by atoms with Crippen LogP contribution in [0.1, 0.15) is 42.9 Å². The molecule has 16 heteroatoms. The maximum atomic E-state index is 13.2. The van der Waals surface area contributed by atoms with Gasteiger partial charge in [0.25, 0.3) is 0 Å². The average Bonchev–Trinajstić information content (AvgIpc) is 3.32. The van der Waals surface area contributed by atoms with Gasteiger partial charge in [-0.15, -0.1) is 24.5 Å². The van der Waals surface area contributed by atoms with E-state index in [0.717, 1.165) is 63.3 Å². The van der Waals surface area contributed by atoms with Gasteiger partial charge in [0.2, 0.25) is 18.2 Å². The molecule has 1 aromatic carbocycles. The molecule has 1 aliphatic rings. The first-order valence-electron chi connectivity index (χ1n) is 12.1. The number of carbonyl (C=O) groups is 5. The minimum atomic E-state index is -4.91.